The average molecular weight is 441 g/mol. The molecule has 1 atom stereocenters. The van der Waals surface area contributed by atoms with Gasteiger partial charge in [-0.1, -0.05) is 104 Å². The number of unbranched alkanes of at least 4 members (excludes halogenated alkanes) is 13. The third kappa shape index (κ3) is 21.9. The first kappa shape index (κ1) is 29.9. The van der Waals surface area contributed by atoms with E-state index in [1.165, 1.54) is 44.9 Å². The summed E-state index contributed by atoms with van der Waals surface area (Å²) >= 11 is 0. The summed E-state index contributed by atoms with van der Waals surface area (Å²) in [6, 6.07) is 0. The molecule has 4 heteroatoms. The third-order valence-corrected chi connectivity index (χ3v) is 5.91. The zero-order valence-corrected chi connectivity index (χ0v) is 21.1. The van der Waals surface area contributed by atoms with Crippen LogP contribution in [0.3, 0.4) is 0 Å². The van der Waals surface area contributed by atoms with Crippen molar-refractivity contribution in [3.05, 3.63) is 0 Å². The van der Waals surface area contributed by atoms with Crippen LogP contribution in [0.15, 0.2) is 0 Å². The number of ether oxygens (including phenoxy) is 2. The average Bonchev–Trinajstić information content (AvgIpc) is 2.77. The second-order valence-electron chi connectivity index (χ2n) is 8.98. The molecule has 0 aromatic heterocycles. The van der Waals surface area contributed by atoms with Crippen LogP contribution >= 0.6 is 0 Å². The first-order valence-corrected chi connectivity index (χ1v) is 13.5. The van der Waals surface area contributed by atoms with E-state index in [4.69, 9.17) is 9.47 Å². The minimum Gasteiger partial charge on any atom is -0.466 e. The van der Waals surface area contributed by atoms with Crippen LogP contribution in [0.5, 0.6) is 0 Å². The number of hydrogen-bond donors (Lipinski definition) is 0. The van der Waals surface area contributed by atoms with Gasteiger partial charge in [-0.3, -0.25) is 9.59 Å². The molecule has 0 aromatic rings. The van der Waals surface area contributed by atoms with Gasteiger partial charge in [0.05, 0.1) is 6.61 Å². The highest BCUT2D eigenvalue weighted by Crippen LogP contribution is 2.13. The second kappa shape index (κ2) is 23.6. The molecule has 4 nitrogen and oxygen atoms in total. The lowest BCUT2D eigenvalue weighted by Crippen LogP contribution is -2.17. The van der Waals surface area contributed by atoms with Gasteiger partial charge in [-0.15, -0.1) is 0 Å². The molecule has 0 saturated heterocycles. The maximum absolute atomic E-state index is 11.9. The SMILES string of the molecule is CCCCCCCCCCOC(=O)CCCCCCCCC(=O)OC(CC)CCCC. The van der Waals surface area contributed by atoms with E-state index in [0.717, 1.165) is 70.6 Å². The van der Waals surface area contributed by atoms with Gasteiger partial charge in [-0.2, -0.15) is 0 Å². The van der Waals surface area contributed by atoms with Crippen molar-refractivity contribution in [2.75, 3.05) is 6.61 Å². The topological polar surface area (TPSA) is 52.6 Å². The van der Waals surface area contributed by atoms with Gasteiger partial charge in [0, 0.05) is 12.8 Å². The van der Waals surface area contributed by atoms with Crippen LogP contribution in [0.2, 0.25) is 0 Å². The Hall–Kier alpha value is -1.06. The van der Waals surface area contributed by atoms with Gasteiger partial charge in [0.25, 0.3) is 0 Å². The van der Waals surface area contributed by atoms with Gasteiger partial charge in [-0.05, 0) is 32.1 Å². The molecule has 0 aromatic carbocycles. The highest BCUT2D eigenvalue weighted by atomic mass is 16.5. The predicted octanol–water partition coefficient (Wildman–Crippen LogP) is 8.30. The van der Waals surface area contributed by atoms with E-state index in [2.05, 4.69) is 20.8 Å². The fourth-order valence-electron chi connectivity index (χ4n) is 3.76. The fraction of sp³-hybridized carbons (Fsp3) is 0.926. The zero-order valence-electron chi connectivity index (χ0n) is 21.1. The summed E-state index contributed by atoms with van der Waals surface area (Å²) < 4.78 is 10.9. The maximum atomic E-state index is 11.9. The first-order chi connectivity index (χ1) is 15.1. The summed E-state index contributed by atoms with van der Waals surface area (Å²) in [5.74, 6) is -0.0820. The van der Waals surface area contributed by atoms with Gasteiger partial charge in [0.15, 0.2) is 0 Å². The summed E-state index contributed by atoms with van der Waals surface area (Å²) in [5.41, 5.74) is 0. The molecule has 0 radical (unpaired) electrons. The summed E-state index contributed by atoms with van der Waals surface area (Å²) in [6.45, 7) is 7.07. The maximum Gasteiger partial charge on any atom is 0.306 e. The highest BCUT2D eigenvalue weighted by molar-refractivity contribution is 5.69. The zero-order chi connectivity index (χ0) is 23.0. The van der Waals surface area contributed by atoms with E-state index in [1.807, 2.05) is 0 Å². The first-order valence-electron chi connectivity index (χ1n) is 13.5. The molecule has 0 saturated carbocycles. The van der Waals surface area contributed by atoms with E-state index in [1.54, 1.807) is 0 Å². The molecule has 184 valence electrons. The quantitative estimate of drug-likeness (QED) is 0.118. The summed E-state index contributed by atoms with van der Waals surface area (Å²) in [6.07, 6.45) is 21.6. The van der Waals surface area contributed by atoms with Crippen LogP contribution in [0.25, 0.3) is 0 Å². The van der Waals surface area contributed by atoms with E-state index in [0.29, 0.717) is 19.4 Å². The van der Waals surface area contributed by atoms with Gasteiger partial charge < -0.3 is 9.47 Å². The summed E-state index contributed by atoms with van der Waals surface area (Å²) in [5, 5.41) is 0. The van der Waals surface area contributed by atoms with Crippen molar-refractivity contribution in [3.63, 3.8) is 0 Å². The van der Waals surface area contributed by atoms with Crippen molar-refractivity contribution < 1.29 is 19.1 Å². The number of hydrogen-bond acceptors (Lipinski definition) is 4. The standard InChI is InChI=1S/C27H52O4/c1-4-7-9-10-11-14-17-20-24-30-26(28)22-18-15-12-13-16-19-23-27(29)31-25(6-3)21-8-5-2/h25H,4-24H2,1-3H3. The molecule has 0 aliphatic rings. The molecule has 0 N–H and O–H groups in total. The van der Waals surface area contributed by atoms with Crippen LogP contribution in [0, 0.1) is 0 Å². The van der Waals surface area contributed by atoms with Crippen molar-refractivity contribution in [1.82, 2.24) is 0 Å². The van der Waals surface area contributed by atoms with Crippen LogP contribution in [-0.2, 0) is 19.1 Å². The van der Waals surface area contributed by atoms with Gasteiger partial charge in [-0.25, -0.2) is 0 Å². The number of rotatable bonds is 23. The largest absolute Gasteiger partial charge is 0.466 e. The molecular weight excluding hydrogens is 388 g/mol. The Morgan fingerprint density at radius 2 is 1.06 bits per heavy atom. The Morgan fingerprint density at radius 1 is 0.581 bits per heavy atom. The van der Waals surface area contributed by atoms with E-state index < -0.39 is 0 Å². The summed E-state index contributed by atoms with van der Waals surface area (Å²) in [4.78, 5) is 23.7. The minimum atomic E-state index is -0.0424. The Morgan fingerprint density at radius 3 is 1.61 bits per heavy atom. The second-order valence-corrected chi connectivity index (χ2v) is 8.98. The van der Waals surface area contributed by atoms with Gasteiger partial charge in [0.1, 0.15) is 6.10 Å². The van der Waals surface area contributed by atoms with Crippen molar-refractivity contribution >= 4 is 11.9 Å². The van der Waals surface area contributed by atoms with E-state index in [-0.39, 0.29) is 18.0 Å². The normalized spacial score (nSPS) is 12.0. The highest BCUT2D eigenvalue weighted by Gasteiger charge is 2.11. The van der Waals surface area contributed by atoms with Gasteiger partial charge >= 0.3 is 11.9 Å². The van der Waals surface area contributed by atoms with Crippen molar-refractivity contribution in [3.8, 4) is 0 Å². The minimum absolute atomic E-state index is 0.0396. The van der Waals surface area contributed by atoms with Crippen molar-refractivity contribution in [1.29, 1.82) is 0 Å². The third-order valence-electron chi connectivity index (χ3n) is 5.91. The van der Waals surface area contributed by atoms with Crippen LogP contribution in [-0.4, -0.2) is 24.6 Å². The number of esters is 2. The van der Waals surface area contributed by atoms with Crippen LogP contribution in [0.1, 0.15) is 149 Å². The summed E-state index contributed by atoms with van der Waals surface area (Å²) in [7, 11) is 0. The fourth-order valence-corrected chi connectivity index (χ4v) is 3.76. The monoisotopic (exact) mass is 440 g/mol. The van der Waals surface area contributed by atoms with E-state index >= 15 is 0 Å². The molecule has 0 fully saturated rings. The Balaban J connectivity index is 3.39. The predicted molar refractivity (Wildman–Crippen MR) is 130 cm³/mol. The Kier molecular flexibility index (Phi) is 22.8. The lowest BCUT2D eigenvalue weighted by molar-refractivity contribution is -0.149. The van der Waals surface area contributed by atoms with Crippen molar-refractivity contribution in [2.45, 2.75) is 155 Å². The molecule has 0 bridgehead atoms. The molecular formula is C27H52O4. The van der Waals surface area contributed by atoms with Crippen molar-refractivity contribution in [2.24, 2.45) is 0 Å². The molecule has 0 aliphatic heterocycles. The molecule has 0 rings (SSSR count). The van der Waals surface area contributed by atoms with Crippen LogP contribution < -0.4 is 0 Å². The molecule has 0 aliphatic carbocycles. The molecule has 1 unspecified atom stereocenters. The Bertz CT molecular complexity index is 408. The van der Waals surface area contributed by atoms with Gasteiger partial charge in [0.2, 0.25) is 0 Å². The molecule has 0 spiro atoms. The van der Waals surface area contributed by atoms with Crippen LogP contribution in [0.4, 0.5) is 0 Å². The van der Waals surface area contributed by atoms with E-state index in [9.17, 15) is 9.59 Å². The molecule has 0 amide bonds. The molecule has 31 heavy (non-hydrogen) atoms. The smallest absolute Gasteiger partial charge is 0.306 e. The lowest BCUT2D eigenvalue weighted by Gasteiger charge is -2.15. The number of carbonyl (C=O) groups is 2. The number of carbonyl (C=O) groups excluding carboxylic acids is 2. The molecule has 0 heterocycles. The lowest BCUT2D eigenvalue weighted by atomic mass is 10.1. The Labute approximate surface area is 193 Å².